The number of hydrogen-bond donors (Lipinski definition) is 4. The van der Waals surface area contributed by atoms with Crippen molar-refractivity contribution in [3.8, 4) is 0 Å². The zero-order valence-electron chi connectivity index (χ0n) is 12.4. The molecule has 1 atom stereocenters. The number of rotatable bonds is 6. The lowest BCUT2D eigenvalue weighted by atomic mass is 9.96. The van der Waals surface area contributed by atoms with Gasteiger partial charge in [0.1, 0.15) is 0 Å². The molecule has 1 rings (SSSR count). The van der Waals surface area contributed by atoms with Crippen LogP contribution in [-0.4, -0.2) is 65.4 Å². The molecule has 0 aromatic rings. The highest BCUT2D eigenvalue weighted by Gasteiger charge is 2.36. The second-order valence-corrected chi connectivity index (χ2v) is 5.94. The molecule has 7 heteroatoms. The van der Waals surface area contributed by atoms with Crippen LogP contribution in [0.4, 0.5) is 4.79 Å². The van der Waals surface area contributed by atoms with Gasteiger partial charge >= 0.3 is 12.0 Å². The summed E-state index contributed by atoms with van der Waals surface area (Å²) in [6.07, 6.45) is 4.37. The van der Waals surface area contributed by atoms with Crippen molar-refractivity contribution in [2.75, 3.05) is 27.2 Å². The lowest BCUT2D eigenvalue weighted by molar-refractivity contribution is -0.155. The fourth-order valence-electron chi connectivity index (χ4n) is 2.45. The summed E-state index contributed by atoms with van der Waals surface area (Å²) in [5, 5.41) is 23.4. The quantitative estimate of drug-likeness (QED) is 0.550. The second-order valence-electron chi connectivity index (χ2n) is 5.94. The number of carboxylic acids is 1. The highest BCUT2D eigenvalue weighted by atomic mass is 16.4. The Morgan fingerprint density at radius 3 is 2.25 bits per heavy atom. The zero-order valence-corrected chi connectivity index (χ0v) is 12.4. The van der Waals surface area contributed by atoms with Gasteiger partial charge in [0.15, 0.2) is 5.60 Å². The van der Waals surface area contributed by atoms with Gasteiger partial charge < -0.3 is 25.7 Å². The topological polar surface area (TPSA) is 102 Å². The molecule has 0 spiro atoms. The van der Waals surface area contributed by atoms with Crippen LogP contribution in [0, 0.1) is 0 Å². The molecule has 0 bridgehead atoms. The Bertz CT molecular complexity index is 363. The van der Waals surface area contributed by atoms with Gasteiger partial charge in [-0.2, -0.15) is 0 Å². The third-order valence-electron chi connectivity index (χ3n) is 4.11. The smallest absolute Gasteiger partial charge is 0.337 e. The van der Waals surface area contributed by atoms with Crippen molar-refractivity contribution in [1.29, 1.82) is 0 Å². The van der Waals surface area contributed by atoms with Gasteiger partial charge in [-0.1, -0.05) is 12.8 Å². The van der Waals surface area contributed by atoms with Gasteiger partial charge in [0.25, 0.3) is 0 Å². The van der Waals surface area contributed by atoms with E-state index >= 15 is 0 Å². The van der Waals surface area contributed by atoms with E-state index in [9.17, 15) is 14.7 Å². The summed E-state index contributed by atoms with van der Waals surface area (Å²) >= 11 is 0. The first-order valence-electron chi connectivity index (χ1n) is 6.84. The first kappa shape index (κ1) is 16.7. The van der Waals surface area contributed by atoms with E-state index in [0.717, 1.165) is 32.6 Å². The maximum atomic E-state index is 11.7. The summed E-state index contributed by atoms with van der Waals surface area (Å²) in [6, 6.07) is -0.459. The molecule has 0 aliphatic heterocycles. The summed E-state index contributed by atoms with van der Waals surface area (Å²) in [6.45, 7) is 1.33. The summed E-state index contributed by atoms with van der Waals surface area (Å²) in [4.78, 5) is 24.5. The van der Waals surface area contributed by atoms with E-state index in [4.69, 9.17) is 5.11 Å². The molecule has 2 amide bonds. The minimum atomic E-state index is -1.95. The standard InChI is InChI=1S/C13H25N3O4/c1-12(20,10(17)18)8-14-11(19)15-9-13(16(2)3)6-4-5-7-13/h20H,4-9H2,1-3H3,(H,17,18)(H2,14,15,19). The Balaban J connectivity index is 2.41. The number of likely N-dealkylation sites (N-methyl/N-ethyl adjacent to an activating group) is 1. The maximum absolute atomic E-state index is 11.7. The Hall–Kier alpha value is -1.34. The summed E-state index contributed by atoms with van der Waals surface area (Å²) in [5.74, 6) is -1.36. The summed E-state index contributed by atoms with van der Waals surface area (Å²) < 4.78 is 0. The second kappa shape index (κ2) is 6.41. The fraction of sp³-hybridized carbons (Fsp3) is 0.846. The van der Waals surface area contributed by atoms with E-state index in [-0.39, 0.29) is 12.1 Å². The Morgan fingerprint density at radius 1 is 1.25 bits per heavy atom. The molecule has 1 fully saturated rings. The van der Waals surface area contributed by atoms with Crippen LogP contribution in [-0.2, 0) is 4.79 Å². The number of amides is 2. The van der Waals surface area contributed by atoms with Crippen LogP contribution < -0.4 is 10.6 Å². The maximum Gasteiger partial charge on any atom is 0.337 e. The normalized spacial score (nSPS) is 20.4. The highest BCUT2D eigenvalue weighted by molar-refractivity contribution is 5.79. The molecule has 4 N–H and O–H groups in total. The largest absolute Gasteiger partial charge is 0.479 e. The minimum Gasteiger partial charge on any atom is -0.479 e. The molecular weight excluding hydrogens is 262 g/mol. The number of carboxylic acid groups (broad SMARTS) is 1. The third-order valence-corrected chi connectivity index (χ3v) is 4.11. The molecule has 0 saturated heterocycles. The zero-order chi connectivity index (χ0) is 15.4. The minimum absolute atomic E-state index is 0.0212. The van der Waals surface area contributed by atoms with Crippen LogP contribution in [0.25, 0.3) is 0 Å². The van der Waals surface area contributed by atoms with Gasteiger partial charge in [-0.15, -0.1) is 0 Å². The van der Waals surface area contributed by atoms with Crippen molar-refractivity contribution in [2.24, 2.45) is 0 Å². The van der Waals surface area contributed by atoms with Crippen molar-refractivity contribution in [1.82, 2.24) is 15.5 Å². The molecule has 0 aromatic heterocycles. The van der Waals surface area contributed by atoms with E-state index in [1.54, 1.807) is 0 Å². The van der Waals surface area contributed by atoms with Crippen LogP contribution in [0.2, 0.25) is 0 Å². The molecule has 0 radical (unpaired) electrons. The van der Waals surface area contributed by atoms with E-state index in [2.05, 4.69) is 15.5 Å². The fourth-order valence-corrected chi connectivity index (χ4v) is 2.45. The van der Waals surface area contributed by atoms with E-state index in [0.29, 0.717) is 6.54 Å². The third kappa shape index (κ3) is 4.08. The number of nitrogens with zero attached hydrogens (tertiary/aromatic N) is 1. The predicted octanol–water partition coefficient (Wildman–Crippen LogP) is -0.00440. The van der Waals surface area contributed by atoms with Gasteiger partial charge in [-0.05, 0) is 33.9 Å². The SMILES string of the molecule is CN(C)C1(CNC(=O)NCC(C)(O)C(=O)O)CCCC1. The van der Waals surface area contributed by atoms with Crippen molar-refractivity contribution in [3.05, 3.63) is 0 Å². The molecule has 20 heavy (non-hydrogen) atoms. The predicted molar refractivity (Wildman–Crippen MR) is 74.5 cm³/mol. The monoisotopic (exact) mass is 287 g/mol. The number of hydrogen-bond acceptors (Lipinski definition) is 4. The molecule has 1 saturated carbocycles. The molecule has 0 heterocycles. The van der Waals surface area contributed by atoms with E-state index in [1.807, 2.05) is 14.1 Å². The molecule has 1 unspecified atom stereocenters. The average molecular weight is 287 g/mol. The van der Waals surface area contributed by atoms with Crippen molar-refractivity contribution in [2.45, 2.75) is 43.7 Å². The Morgan fingerprint density at radius 2 is 1.80 bits per heavy atom. The van der Waals surface area contributed by atoms with Crippen LogP contribution in [0.3, 0.4) is 0 Å². The van der Waals surface area contributed by atoms with Gasteiger partial charge in [-0.3, -0.25) is 0 Å². The number of nitrogens with one attached hydrogen (secondary N) is 2. The molecule has 7 nitrogen and oxygen atoms in total. The molecule has 0 aromatic carbocycles. The van der Waals surface area contributed by atoms with Gasteiger partial charge in [0.05, 0.1) is 6.54 Å². The van der Waals surface area contributed by atoms with Gasteiger partial charge in [0.2, 0.25) is 0 Å². The number of aliphatic carboxylic acids is 1. The Kier molecular flexibility index (Phi) is 5.35. The van der Waals surface area contributed by atoms with Crippen molar-refractivity contribution < 1.29 is 19.8 Å². The molecule has 1 aliphatic rings. The number of urea groups is 1. The summed E-state index contributed by atoms with van der Waals surface area (Å²) in [7, 11) is 4.00. The first-order chi connectivity index (χ1) is 9.19. The molecule has 116 valence electrons. The molecular formula is C13H25N3O4. The van der Waals surface area contributed by atoms with Crippen LogP contribution in [0.15, 0.2) is 0 Å². The summed E-state index contributed by atoms with van der Waals surface area (Å²) in [5.41, 5.74) is -1.98. The average Bonchev–Trinajstić information content (AvgIpc) is 2.84. The Labute approximate surface area is 119 Å². The highest BCUT2D eigenvalue weighted by Crippen LogP contribution is 2.32. The number of aliphatic hydroxyl groups is 1. The lowest BCUT2D eigenvalue weighted by Gasteiger charge is -2.36. The van der Waals surface area contributed by atoms with E-state index < -0.39 is 17.6 Å². The van der Waals surface area contributed by atoms with Gasteiger partial charge in [0, 0.05) is 12.1 Å². The van der Waals surface area contributed by atoms with Crippen LogP contribution in [0.5, 0.6) is 0 Å². The van der Waals surface area contributed by atoms with Crippen LogP contribution >= 0.6 is 0 Å². The van der Waals surface area contributed by atoms with Crippen molar-refractivity contribution in [3.63, 3.8) is 0 Å². The number of carbonyl (C=O) groups is 2. The van der Waals surface area contributed by atoms with Crippen molar-refractivity contribution >= 4 is 12.0 Å². The first-order valence-corrected chi connectivity index (χ1v) is 6.84. The van der Waals surface area contributed by atoms with Gasteiger partial charge in [-0.25, -0.2) is 9.59 Å². The number of carbonyl (C=O) groups excluding carboxylic acids is 1. The van der Waals surface area contributed by atoms with Crippen LogP contribution in [0.1, 0.15) is 32.6 Å². The lowest BCUT2D eigenvalue weighted by Crippen LogP contribution is -2.54. The van der Waals surface area contributed by atoms with E-state index in [1.165, 1.54) is 0 Å². The molecule has 1 aliphatic carbocycles.